The topological polar surface area (TPSA) is 46.2 Å². The highest BCUT2D eigenvalue weighted by Crippen LogP contribution is 2.28. The largest absolute Gasteiger partial charge is 0.280 e. The van der Waals surface area contributed by atoms with Crippen LogP contribution in [0.3, 0.4) is 0 Å². The summed E-state index contributed by atoms with van der Waals surface area (Å²) in [5.74, 6) is 0. The number of aryl methyl sites for hydroxylation is 3. The molecular formula is C18H19NO2S. The lowest BCUT2D eigenvalue weighted by Crippen LogP contribution is -2.17. The molecule has 4 heteroatoms. The number of sulfonamides is 1. The van der Waals surface area contributed by atoms with Crippen LogP contribution in [0.5, 0.6) is 0 Å². The van der Waals surface area contributed by atoms with Crippen LogP contribution in [0, 0.1) is 13.8 Å². The molecule has 1 aliphatic carbocycles. The predicted octanol–water partition coefficient (Wildman–Crippen LogP) is 4.03. The molecule has 2 aromatic carbocycles. The molecule has 2 aromatic rings. The Balaban J connectivity index is 1.91. The molecule has 114 valence electrons. The average Bonchev–Trinajstić information content (AvgIpc) is 2.50. The van der Waals surface area contributed by atoms with Crippen molar-refractivity contribution in [2.24, 2.45) is 0 Å². The van der Waals surface area contributed by atoms with Gasteiger partial charge in [0.25, 0.3) is 10.0 Å². The van der Waals surface area contributed by atoms with E-state index >= 15 is 0 Å². The Morgan fingerprint density at radius 2 is 1.73 bits per heavy atom. The van der Waals surface area contributed by atoms with E-state index in [1.54, 1.807) is 12.1 Å². The van der Waals surface area contributed by atoms with Crippen molar-refractivity contribution in [1.29, 1.82) is 0 Å². The van der Waals surface area contributed by atoms with Crippen LogP contribution in [0.4, 0.5) is 5.69 Å². The van der Waals surface area contributed by atoms with E-state index < -0.39 is 10.0 Å². The Morgan fingerprint density at radius 3 is 2.50 bits per heavy atom. The van der Waals surface area contributed by atoms with Crippen molar-refractivity contribution in [2.45, 2.75) is 26.7 Å². The van der Waals surface area contributed by atoms with E-state index in [1.165, 1.54) is 5.56 Å². The maximum absolute atomic E-state index is 12.6. The van der Waals surface area contributed by atoms with Crippen molar-refractivity contribution in [2.75, 3.05) is 4.72 Å². The fourth-order valence-electron chi connectivity index (χ4n) is 2.64. The Kier molecular flexibility index (Phi) is 3.79. The molecular weight excluding hydrogens is 294 g/mol. The average molecular weight is 313 g/mol. The minimum atomic E-state index is -3.50. The molecule has 0 heterocycles. The van der Waals surface area contributed by atoms with Gasteiger partial charge in [-0.25, -0.2) is 8.42 Å². The zero-order valence-electron chi connectivity index (χ0n) is 12.8. The number of rotatable bonds is 3. The first-order chi connectivity index (χ1) is 10.5. The SMILES string of the molecule is Cc1ccc(NS(=O)(=O)C2=Cc3ccccc3CC2)cc1C. The van der Waals surface area contributed by atoms with Gasteiger partial charge < -0.3 is 0 Å². The van der Waals surface area contributed by atoms with Crippen LogP contribution >= 0.6 is 0 Å². The highest BCUT2D eigenvalue weighted by Gasteiger charge is 2.21. The van der Waals surface area contributed by atoms with Crippen LogP contribution in [-0.4, -0.2) is 8.42 Å². The van der Waals surface area contributed by atoms with E-state index in [1.807, 2.05) is 50.2 Å². The number of nitrogens with one attached hydrogen (secondary N) is 1. The van der Waals surface area contributed by atoms with Gasteiger partial charge in [-0.05, 0) is 67.2 Å². The van der Waals surface area contributed by atoms with Gasteiger partial charge in [0.2, 0.25) is 0 Å². The van der Waals surface area contributed by atoms with Gasteiger partial charge in [0.05, 0.1) is 4.91 Å². The molecule has 1 N–H and O–H groups in total. The van der Waals surface area contributed by atoms with Crippen molar-refractivity contribution in [3.8, 4) is 0 Å². The van der Waals surface area contributed by atoms with Crippen molar-refractivity contribution >= 4 is 21.8 Å². The summed E-state index contributed by atoms with van der Waals surface area (Å²) in [6.45, 7) is 3.98. The minimum absolute atomic E-state index is 0.449. The summed E-state index contributed by atoms with van der Waals surface area (Å²) in [5, 5.41) is 0. The predicted molar refractivity (Wildman–Crippen MR) is 91.2 cm³/mol. The molecule has 0 fully saturated rings. The second-order valence-corrected chi connectivity index (χ2v) is 7.45. The molecule has 0 amide bonds. The summed E-state index contributed by atoms with van der Waals surface area (Å²) >= 11 is 0. The quantitative estimate of drug-likeness (QED) is 0.930. The third kappa shape index (κ3) is 2.92. The second kappa shape index (κ2) is 5.61. The Hall–Kier alpha value is -2.07. The lowest BCUT2D eigenvalue weighted by atomic mass is 9.98. The van der Waals surface area contributed by atoms with Crippen molar-refractivity contribution in [3.05, 3.63) is 69.6 Å². The van der Waals surface area contributed by atoms with Crippen LogP contribution in [0.15, 0.2) is 47.4 Å². The summed E-state index contributed by atoms with van der Waals surface area (Å²) < 4.78 is 27.9. The standard InChI is InChI=1S/C18H19NO2S/c1-13-7-9-17(11-14(13)2)19-22(20,21)18-10-8-15-5-3-4-6-16(15)12-18/h3-7,9,11-12,19H,8,10H2,1-2H3. The third-order valence-corrected chi connectivity index (χ3v) is 5.63. The van der Waals surface area contributed by atoms with Gasteiger partial charge in [-0.3, -0.25) is 4.72 Å². The van der Waals surface area contributed by atoms with Gasteiger partial charge in [-0.2, -0.15) is 0 Å². The molecule has 0 aromatic heterocycles. The van der Waals surface area contributed by atoms with Gasteiger partial charge >= 0.3 is 0 Å². The lowest BCUT2D eigenvalue weighted by molar-refractivity contribution is 0.605. The molecule has 0 spiro atoms. The number of allylic oxidation sites excluding steroid dienone is 1. The van der Waals surface area contributed by atoms with Gasteiger partial charge in [-0.15, -0.1) is 0 Å². The zero-order chi connectivity index (χ0) is 15.7. The Labute approximate surface area is 131 Å². The van der Waals surface area contributed by atoms with Crippen LogP contribution in [0.1, 0.15) is 28.7 Å². The van der Waals surface area contributed by atoms with E-state index in [9.17, 15) is 8.42 Å². The first kappa shape index (κ1) is 14.9. The maximum Gasteiger partial charge on any atom is 0.258 e. The molecule has 0 radical (unpaired) electrons. The van der Waals surface area contributed by atoms with E-state index in [2.05, 4.69) is 4.72 Å². The normalized spacial score (nSPS) is 14.2. The fraction of sp³-hybridized carbons (Fsp3) is 0.222. The van der Waals surface area contributed by atoms with Gasteiger partial charge in [0.1, 0.15) is 0 Å². The van der Waals surface area contributed by atoms with Gasteiger partial charge in [-0.1, -0.05) is 30.3 Å². The van der Waals surface area contributed by atoms with Crippen LogP contribution in [-0.2, 0) is 16.4 Å². The van der Waals surface area contributed by atoms with E-state index in [-0.39, 0.29) is 0 Å². The van der Waals surface area contributed by atoms with E-state index in [0.717, 1.165) is 23.1 Å². The maximum atomic E-state index is 12.6. The Morgan fingerprint density at radius 1 is 0.955 bits per heavy atom. The first-order valence-electron chi connectivity index (χ1n) is 7.34. The highest BCUT2D eigenvalue weighted by atomic mass is 32.2. The molecule has 0 unspecified atom stereocenters. The smallest absolute Gasteiger partial charge is 0.258 e. The zero-order valence-corrected chi connectivity index (χ0v) is 13.6. The molecule has 0 atom stereocenters. The molecule has 22 heavy (non-hydrogen) atoms. The minimum Gasteiger partial charge on any atom is -0.280 e. The number of fused-ring (bicyclic) bond motifs is 1. The number of hydrogen-bond donors (Lipinski definition) is 1. The van der Waals surface area contributed by atoms with Crippen LogP contribution in [0.25, 0.3) is 6.08 Å². The third-order valence-electron chi connectivity index (χ3n) is 4.12. The molecule has 3 rings (SSSR count). The molecule has 0 aliphatic heterocycles. The monoisotopic (exact) mass is 313 g/mol. The summed E-state index contributed by atoms with van der Waals surface area (Å²) in [4.78, 5) is 0.449. The number of anilines is 1. The number of benzene rings is 2. The summed E-state index contributed by atoms with van der Waals surface area (Å²) in [7, 11) is -3.50. The number of hydrogen-bond acceptors (Lipinski definition) is 2. The second-order valence-electron chi connectivity index (χ2n) is 5.71. The van der Waals surface area contributed by atoms with E-state index in [4.69, 9.17) is 0 Å². The fourth-order valence-corrected chi connectivity index (χ4v) is 3.86. The molecule has 0 bridgehead atoms. The summed E-state index contributed by atoms with van der Waals surface area (Å²) in [6.07, 6.45) is 3.08. The van der Waals surface area contributed by atoms with Crippen molar-refractivity contribution < 1.29 is 8.42 Å². The molecule has 3 nitrogen and oxygen atoms in total. The first-order valence-corrected chi connectivity index (χ1v) is 8.82. The van der Waals surface area contributed by atoms with Crippen molar-refractivity contribution in [1.82, 2.24) is 0 Å². The van der Waals surface area contributed by atoms with Crippen LogP contribution in [0.2, 0.25) is 0 Å². The van der Waals surface area contributed by atoms with Gasteiger partial charge in [0, 0.05) is 5.69 Å². The summed E-state index contributed by atoms with van der Waals surface area (Å²) in [6, 6.07) is 13.5. The Bertz CT molecular complexity index is 851. The van der Waals surface area contributed by atoms with E-state index in [0.29, 0.717) is 17.0 Å². The highest BCUT2D eigenvalue weighted by molar-refractivity contribution is 7.96. The molecule has 0 saturated carbocycles. The van der Waals surface area contributed by atoms with Crippen molar-refractivity contribution in [3.63, 3.8) is 0 Å². The lowest BCUT2D eigenvalue weighted by Gasteiger charge is -2.17. The van der Waals surface area contributed by atoms with Gasteiger partial charge in [0.15, 0.2) is 0 Å². The molecule has 1 aliphatic rings. The van der Waals surface area contributed by atoms with Crippen LogP contribution < -0.4 is 4.72 Å². The summed E-state index contributed by atoms with van der Waals surface area (Å²) in [5.41, 5.74) is 5.03. The molecule has 0 saturated heterocycles.